The van der Waals surface area contributed by atoms with Crippen molar-refractivity contribution in [2.75, 3.05) is 18.0 Å². The summed E-state index contributed by atoms with van der Waals surface area (Å²) >= 11 is 0. The molecule has 2 heterocycles. The first kappa shape index (κ1) is 14.5. The van der Waals surface area contributed by atoms with E-state index in [4.69, 9.17) is 5.26 Å². The van der Waals surface area contributed by atoms with Crippen molar-refractivity contribution in [3.63, 3.8) is 0 Å². The van der Waals surface area contributed by atoms with Crippen molar-refractivity contribution in [1.29, 1.82) is 5.26 Å². The molecule has 2 aromatic rings. The Bertz CT molecular complexity index is 701. The number of halogens is 2. The third kappa shape index (κ3) is 2.67. The highest BCUT2D eigenvalue weighted by molar-refractivity contribution is 5.53. The normalized spacial score (nSPS) is 15.8. The van der Waals surface area contributed by atoms with Crippen LogP contribution in [0.5, 0.6) is 0 Å². The van der Waals surface area contributed by atoms with Gasteiger partial charge in [0, 0.05) is 26.3 Å². The van der Waals surface area contributed by atoms with Gasteiger partial charge in [0.15, 0.2) is 11.6 Å². The highest BCUT2D eigenvalue weighted by Crippen LogP contribution is 2.33. The van der Waals surface area contributed by atoms with Crippen LogP contribution < -0.4 is 4.90 Å². The van der Waals surface area contributed by atoms with E-state index in [0.717, 1.165) is 25.0 Å². The summed E-state index contributed by atoms with van der Waals surface area (Å²) in [6, 6.07) is 3.94. The number of benzene rings is 1. The number of rotatable bonds is 2. The molecule has 1 aliphatic heterocycles. The van der Waals surface area contributed by atoms with Crippen LogP contribution in [-0.4, -0.2) is 22.9 Å². The molecular formula is C16H16F2N4. The molecule has 0 spiro atoms. The van der Waals surface area contributed by atoms with E-state index in [1.54, 1.807) is 15.7 Å². The number of anilines is 1. The van der Waals surface area contributed by atoms with Gasteiger partial charge in [-0.15, -0.1) is 0 Å². The van der Waals surface area contributed by atoms with Crippen LogP contribution in [0.3, 0.4) is 0 Å². The average Bonchev–Trinajstić information content (AvgIpc) is 2.93. The molecule has 4 nitrogen and oxygen atoms in total. The van der Waals surface area contributed by atoms with Crippen molar-refractivity contribution in [3.8, 4) is 6.07 Å². The second-order valence-electron chi connectivity index (χ2n) is 5.61. The SMILES string of the molecule is Cn1cc(C2CCN(c3c(F)cc(C#N)cc3F)CC2)cn1. The van der Waals surface area contributed by atoms with Crippen molar-refractivity contribution in [3.05, 3.63) is 47.3 Å². The molecule has 3 rings (SSSR count). The van der Waals surface area contributed by atoms with Gasteiger partial charge in [0.1, 0.15) is 5.69 Å². The lowest BCUT2D eigenvalue weighted by atomic mass is 9.91. The van der Waals surface area contributed by atoms with Crippen LogP contribution in [0.25, 0.3) is 0 Å². The average molecular weight is 302 g/mol. The topological polar surface area (TPSA) is 44.9 Å². The number of hydrogen-bond acceptors (Lipinski definition) is 3. The Morgan fingerprint density at radius 3 is 2.36 bits per heavy atom. The Morgan fingerprint density at radius 1 is 1.23 bits per heavy atom. The Labute approximate surface area is 127 Å². The molecule has 0 amide bonds. The number of aryl methyl sites for hydroxylation is 1. The molecule has 114 valence electrons. The van der Waals surface area contributed by atoms with Crippen molar-refractivity contribution in [1.82, 2.24) is 9.78 Å². The highest BCUT2D eigenvalue weighted by Gasteiger charge is 2.25. The molecule has 1 aliphatic rings. The fourth-order valence-electron chi connectivity index (χ4n) is 3.02. The Hall–Kier alpha value is -2.42. The van der Waals surface area contributed by atoms with Crippen LogP contribution in [-0.2, 0) is 7.05 Å². The van der Waals surface area contributed by atoms with Gasteiger partial charge in [0.2, 0.25) is 0 Å². The summed E-state index contributed by atoms with van der Waals surface area (Å²) in [5.41, 5.74) is 1.15. The maximum Gasteiger partial charge on any atom is 0.150 e. The number of nitriles is 1. The maximum atomic E-state index is 14.1. The first-order chi connectivity index (χ1) is 10.6. The van der Waals surface area contributed by atoms with Crippen molar-refractivity contribution in [2.24, 2.45) is 7.05 Å². The number of piperidine rings is 1. The van der Waals surface area contributed by atoms with Crippen LogP contribution in [0.15, 0.2) is 24.5 Å². The van der Waals surface area contributed by atoms with Crippen molar-refractivity contribution >= 4 is 5.69 Å². The quantitative estimate of drug-likeness (QED) is 0.856. The van der Waals surface area contributed by atoms with E-state index in [1.165, 1.54) is 5.56 Å². The smallest absolute Gasteiger partial charge is 0.150 e. The highest BCUT2D eigenvalue weighted by atomic mass is 19.1. The molecule has 1 aromatic heterocycles. The van der Waals surface area contributed by atoms with Gasteiger partial charge in [-0.3, -0.25) is 4.68 Å². The second kappa shape index (κ2) is 5.76. The fraction of sp³-hybridized carbons (Fsp3) is 0.375. The number of aromatic nitrogens is 2. The Balaban J connectivity index is 1.76. The maximum absolute atomic E-state index is 14.1. The predicted molar refractivity (Wildman–Crippen MR) is 78.5 cm³/mol. The van der Waals surface area contributed by atoms with Gasteiger partial charge in [0.05, 0.1) is 17.8 Å². The Kier molecular flexibility index (Phi) is 3.80. The first-order valence-corrected chi connectivity index (χ1v) is 7.21. The summed E-state index contributed by atoms with van der Waals surface area (Å²) in [6.45, 7) is 1.17. The molecule has 0 aliphatic carbocycles. The molecule has 22 heavy (non-hydrogen) atoms. The lowest BCUT2D eigenvalue weighted by Gasteiger charge is -2.33. The fourth-order valence-corrected chi connectivity index (χ4v) is 3.02. The van der Waals surface area contributed by atoms with Gasteiger partial charge in [-0.25, -0.2) is 8.78 Å². The summed E-state index contributed by atoms with van der Waals surface area (Å²) in [6.07, 6.45) is 5.49. The second-order valence-corrected chi connectivity index (χ2v) is 5.61. The molecule has 0 radical (unpaired) electrons. The monoisotopic (exact) mass is 302 g/mol. The molecular weight excluding hydrogens is 286 g/mol. The van der Waals surface area contributed by atoms with Crippen molar-refractivity contribution in [2.45, 2.75) is 18.8 Å². The minimum Gasteiger partial charge on any atom is -0.367 e. The van der Waals surface area contributed by atoms with Crippen LogP contribution in [0, 0.1) is 23.0 Å². The largest absolute Gasteiger partial charge is 0.367 e. The molecule has 1 saturated heterocycles. The molecule has 1 fully saturated rings. The third-order valence-electron chi connectivity index (χ3n) is 4.15. The lowest BCUT2D eigenvalue weighted by Crippen LogP contribution is -2.34. The van der Waals surface area contributed by atoms with E-state index in [-0.39, 0.29) is 11.3 Å². The van der Waals surface area contributed by atoms with Gasteiger partial charge >= 0.3 is 0 Å². The summed E-state index contributed by atoms with van der Waals surface area (Å²) < 4.78 is 29.9. The summed E-state index contributed by atoms with van der Waals surface area (Å²) in [4.78, 5) is 1.72. The third-order valence-corrected chi connectivity index (χ3v) is 4.15. The zero-order chi connectivity index (χ0) is 15.7. The standard InChI is InChI=1S/C16H16F2N4/c1-21-10-13(9-20-21)12-2-4-22(5-3-12)16-14(17)6-11(8-19)7-15(16)18/h6-7,9-10,12H,2-5H2,1H3. The molecule has 1 aromatic carbocycles. The van der Waals surface area contributed by atoms with Crippen molar-refractivity contribution < 1.29 is 8.78 Å². The van der Waals surface area contributed by atoms with E-state index in [2.05, 4.69) is 5.10 Å². The van der Waals surface area contributed by atoms with E-state index >= 15 is 0 Å². The van der Waals surface area contributed by atoms with Gasteiger partial charge in [-0.05, 0) is 36.5 Å². The zero-order valence-electron chi connectivity index (χ0n) is 12.3. The number of hydrogen-bond donors (Lipinski definition) is 0. The summed E-state index contributed by atoms with van der Waals surface area (Å²) in [7, 11) is 1.88. The molecule has 0 atom stereocenters. The first-order valence-electron chi connectivity index (χ1n) is 7.21. The van der Waals surface area contributed by atoms with E-state index in [1.807, 2.05) is 19.4 Å². The van der Waals surface area contributed by atoms with Crippen LogP contribution >= 0.6 is 0 Å². The minimum absolute atomic E-state index is 0.00370. The summed E-state index contributed by atoms with van der Waals surface area (Å²) in [5, 5.41) is 12.9. The van der Waals surface area contributed by atoms with Crippen LogP contribution in [0.2, 0.25) is 0 Å². The zero-order valence-corrected chi connectivity index (χ0v) is 12.3. The molecule has 0 unspecified atom stereocenters. The van der Waals surface area contributed by atoms with E-state index < -0.39 is 11.6 Å². The van der Waals surface area contributed by atoms with Crippen LogP contribution in [0.1, 0.15) is 29.9 Å². The minimum atomic E-state index is -0.670. The molecule has 6 heteroatoms. The van der Waals surface area contributed by atoms with E-state index in [9.17, 15) is 8.78 Å². The van der Waals surface area contributed by atoms with Gasteiger partial charge in [-0.1, -0.05) is 0 Å². The van der Waals surface area contributed by atoms with Gasteiger partial charge < -0.3 is 4.90 Å². The number of nitrogens with zero attached hydrogens (tertiary/aromatic N) is 4. The summed E-state index contributed by atoms with van der Waals surface area (Å²) in [5.74, 6) is -0.970. The van der Waals surface area contributed by atoms with E-state index in [0.29, 0.717) is 19.0 Å². The molecule has 0 N–H and O–H groups in total. The molecule has 0 saturated carbocycles. The van der Waals surface area contributed by atoms with Gasteiger partial charge in [0.25, 0.3) is 0 Å². The van der Waals surface area contributed by atoms with Gasteiger partial charge in [-0.2, -0.15) is 10.4 Å². The van der Waals surface area contributed by atoms with Crippen LogP contribution in [0.4, 0.5) is 14.5 Å². The Morgan fingerprint density at radius 2 is 1.86 bits per heavy atom. The molecule has 0 bridgehead atoms. The lowest BCUT2D eigenvalue weighted by molar-refractivity contribution is 0.486. The predicted octanol–water partition coefficient (Wildman–Crippen LogP) is 2.95.